The Morgan fingerprint density at radius 1 is 1.32 bits per heavy atom. The van der Waals surface area contributed by atoms with Crippen LogP contribution in [0.5, 0.6) is 0 Å². The smallest absolute Gasteiger partial charge is 0.358 e. The molecule has 104 valence electrons. The number of esters is 2. The first-order chi connectivity index (χ1) is 8.92. The third-order valence-electron chi connectivity index (χ3n) is 2.07. The van der Waals surface area contributed by atoms with E-state index in [2.05, 4.69) is 14.5 Å². The Hall–Kier alpha value is -2.00. The third kappa shape index (κ3) is 3.73. The highest BCUT2D eigenvalue weighted by molar-refractivity contribution is 7.89. The number of carbonyl (C=O) groups excluding carboxylic acids is 2. The standard InChI is InChI=1S/C10H12N2O6S/c1-17-8(13)6-12-19(15,16)7-4-3-5-11-9(7)10(14)18-2/h3-5,12H,6H2,1-2H3. The summed E-state index contributed by atoms with van der Waals surface area (Å²) in [6.45, 7) is -0.547. The van der Waals surface area contributed by atoms with Gasteiger partial charge in [-0.1, -0.05) is 0 Å². The van der Waals surface area contributed by atoms with Crippen LogP contribution in [-0.4, -0.2) is 46.1 Å². The van der Waals surface area contributed by atoms with Gasteiger partial charge in [0.25, 0.3) is 0 Å². The molecule has 0 aliphatic carbocycles. The maximum absolute atomic E-state index is 11.9. The Labute approximate surface area is 109 Å². The summed E-state index contributed by atoms with van der Waals surface area (Å²) >= 11 is 0. The second kappa shape index (κ2) is 6.25. The number of ether oxygens (including phenoxy) is 2. The van der Waals surface area contributed by atoms with Crippen LogP contribution in [0.15, 0.2) is 23.2 Å². The monoisotopic (exact) mass is 288 g/mol. The zero-order valence-corrected chi connectivity index (χ0v) is 11.1. The van der Waals surface area contributed by atoms with Crippen LogP contribution < -0.4 is 4.72 Å². The van der Waals surface area contributed by atoms with E-state index in [0.717, 1.165) is 14.2 Å². The average molecular weight is 288 g/mol. The molecule has 0 aliphatic heterocycles. The molecule has 9 heteroatoms. The first kappa shape index (κ1) is 15.1. The van der Waals surface area contributed by atoms with Crippen LogP contribution in [0.4, 0.5) is 0 Å². The molecule has 1 N–H and O–H groups in total. The second-order valence-corrected chi connectivity index (χ2v) is 4.98. The SMILES string of the molecule is COC(=O)CNS(=O)(=O)c1cccnc1C(=O)OC. The van der Waals surface area contributed by atoms with Crippen LogP contribution in [0.1, 0.15) is 10.5 Å². The number of methoxy groups -OCH3 is 2. The molecule has 19 heavy (non-hydrogen) atoms. The van der Waals surface area contributed by atoms with E-state index in [0.29, 0.717) is 0 Å². The normalized spacial score (nSPS) is 10.8. The Morgan fingerprint density at radius 3 is 2.58 bits per heavy atom. The summed E-state index contributed by atoms with van der Waals surface area (Å²) in [7, 11) is -1.83. The zero-order chi connectivity index (χ0) is 14.5. The summed E-state index contributed by atoms with van der Waals surface area (Å²) in [6.07, 6.45) is 1.26. The van der Waals surface area contributed by atoms with Gasteiger partial charge in [0, 0.05) is 6.20 Å². The van der Waals surface area contributed by atoms with Crippen molar-refractivity contribution in [1.82, 2.24) is 9.71 Å². The van der Waals surface area contributed by atoms with E-state index in [1.165, 1.54) is 18.3 Å². The molecule has 0 atom stereocenters. The summed E-state index contributed by atoms with van der Waals surface area (Å²) in [5, 5.41) is 0. The summed E-state index contributed by atoms with van der Waals surface area (Å²) in [4.78, 5) is 25.6. The number of aromatic nitrogens is 1. The van der Waals surface area contributed by atoms with Crippen LogP contribution >= 0.6 is 0 Å². The summed E-state index contributed by atoms with van der Waals surface area (Å²) in [6, 6.07) is 2.53. The Balaban J connectivity index is 3.08. The van der Waals surface area contributed by atoms with Gasteiger partial charge in [-0.15, -0.1) is 0 Å². The Bertz CT molecular complexity index is 583. The molecule has 1 rings (SSSR count). The van der Waals surface area contributed by atoms with Gasteiger partial charge in [-0.05, 0) is 12.1 Å². The fraction of sp³-hybridized carbons (Fsp3) is 0.300. The number of pyridine rings is 1. The van der Waals surface area contributed by atoms with Crippen LogP contribution in [0.2, 0.25) is 0 Å². The van der Waals surface area contributed by atoms with Crippen molar-refractivity contribution in [3.63, 3.8) is 0 Å². The van der Waals surface area contributed by atoms with Crippen molar-refractivity contribution in [2.45, 2.75) is 4.90 Å². The third-order valence-corrected chi connectivity index (χ3v) is 3.51. The van der Waals surface area contributed by atoms with Crippen molar-refractivity contribution in [1.29, 1.82) is 0 Å². The fourth-order valence-corrected chi connectivity index (χ4v) is 2.27. The lowest BCUT2D eigenvalue weighted by Crippen LogP contribution is -2.31. The van der Waals surface area contributed by atoms with Gasteiger partial charge in [0.2, 0.25) is 10.0 Å². The molecule has 0 saturated carbocycles. The number of carbonyl (C=O) groups is 2. The lowest BCUT2D eigenvalue weighted by Gasteiger charge is -2.08. The lowest BCUT2D eigenvalue weighted by molar-refractivity contribution is -0.139. The van der Waals surface area contributed by atoms with E-state index in [4.69, 9.17) is 0 Å². The summed E-state index contributed by atoms with van der Waals surface area (Å²) < 4.78 is 34.6. The molecule has 0 aromatic carbocycles. The van der Waals surface area contributed by atoms with E-state index >= 15 is 0 Å². The molecule has 1 aromatic heterocycles. The van der Waals surface area contributed by atoms with Gasteiger partial charge in [0.05, 0.1) is 14.2 Å². The number of hydrogen-bond donors (Lipinski definition) is 1. The molecule has 0 bridgehead atoms. The molecule has 0 spiro atoms. The maximum atomic E-state index is 11.9. The first-order valence-electron chi connectivity index (χ1n) is 5.02. The van der Waals surface area contributed by atoms with Crippen molar-refractivity contribution >= 4 is 22.0 Å². The van der Waals surface area contributed by atoms with Gasteiger partial charge in [0.1, 0.15) is 11.4 Å². The molecule has 8 nitrogen and oxygen atoms in total. The van der Waals surface area contributed by atoms with Gasteiger partial charge in [-0.3, -0.25) is 4.79 Å². The zero-order valence-electron chi connectivity index (χ0n) is 10.2. The second-order valence-electron chi connectivity index (χ2n) is 3.24. The molecular weight excluding hydrogens is 276 g/mol. The van der Waals surface area contributed by atoms with E-state index < -0.39 is 28.5 Å². The van der Waals surface area contributed by atoms with Gasteiger partial charge in [-0.25, -0.2) is 18.2 Å². The highest BCUT2D eigenvalue weighted by Crippen LogP contribution is 2.13. The number of nitrogens with zero attached hydrogens (tertiary/aromatic N) is 1. The van der Waals surface area contributed by atoms with Crippen LogP contribution in [0.25, 0.3) is 0 Å². The highest BCUT2D eigenvalue weighted by atomic mass is 32.2. The highest BCUT2D eigenvalue weighted by Gasteiger charge is 2.24. The van der Waals surface area contributed by atoms with Crippen LogP contribution in [-0.2, 0) is 24.3 Å². The topological polar surface area (TPSA) is 112 Å². The minimum atomic E-state index is -4.07. The van der Waals surface area contributed by atoms with Crippen molar-refractivity contribution < 1.29 is 27.5 Å². The number of rotatable bonds is 5. The van der Waals surface area contributed by atoms with Crippen molar-refractivity contribution in [2.75, 3.05) is 20.8 Å². The lowest BCUT2D eigenvalue weighted by atomic mass is 10.3. The number of sulfonamides is 1. The molecule has 1 heterocycles. The largest absolute Gasteiger partial charge is 0.468 e. The maximum Gasteiger partial charge on any atom is 0.358 e. The fourth-order valence-electron chi connectivity index (χ4n) is 1.16. The molecule has 0 fully saturated rings. The first-order valence-corrected chi connectivity index (χ1v) is 6.50. The van der Waals surface area contributed by atoms with Gasteiger partial charge in [0.15, 0.2) is 5.69 Å². The molecule has 0 unspecified atom stereocenters. The minimum absolute atomic E-state index is 0.359. The summed E-state index contributed by atoms with van der Waals surface area (Å²) in [5.74, 6) is -1.65. The minimum Gasteiger partial charge on any atom is -0.468 e. The number of nitrogens with one attached hydrogen (secondary N) is 1. The Morgan fingerprint density at radius 2 is 2.00 bits per heavy atom. The number of hydrogen-bond acceptors (Lipinski definition) is 7. The van der Waals surface area contributed by atoms with Crippen LogP contribution in [0, 0.1) is 0 Å². The van der Waals surface area contributed by atoms with Gasteiger partial charge < -0.3 is 9.47 Å². The van der Waals surface area contributed by atoms with Crippen LogP contribution in [0.3, 0.4) is 0 Å². The van der Waals surface area contributed by atoms with Crippen molar-refractivity contribution in [2.24, 2.45) is 0 Å². The molecule has 0 radical (unpaired) electrons. The molecule has 0 amide bonds. The van der Waals surface area contributed by atoms with Gasteiger partial charge >= 0.3 is 11.9 Å². The quantitative estimate of drug-likeness (QED) is 0.714. The predicted molar refractivity (Wildman–Crippen MR) is 62.8 cm³/mol. The molecular formula is C10H12N2O6S. The van der Waals surface area contributed by atoms with E-state index in [-0.39, 0.29) is 10.6 Å². The van der Waals surface area contributed by atoms with E-state index in [9.17, 15) is 18.0 Å². The Kier molecular flexibility index (Phi) is 4.95. The average Bonchev–Trinajstić information content (AvgIpc) is 2.43. The van der Waals surface area contributed by atoms with Crippen molar-refractivity contribution in [3.05, 3.63) is 24.0 Å². The summed E-state index contributed by atoms with van der Waals surface area (Å²) in [5.41, 5.74) is -0.359. The van der Waals surface area contributed by atoms with E-state index in [1.54, 1.807) is 0 Å². The van der Waals surface area contributed by atoms with Gasteiger partial charge in [-0.2, -0.15) is 4.72 Å². The van der Waals surface area contributed by atoms with E-state index in [1.807, 2.05) is 4.72 Å². The molecule has 0 aliphatic rings. The molecule has 1 aromatic rings. The predicted octanol–water partition coefficient (Wildman–Crippen LogP) is -0.680. The molecule has 0 saturated heterocycles. The van der Waals surface area contributed by atoms with Crippen molar-refractivity contribution in [3.8, 4) is 0 Å².